The fourth-order valence-corrected chi connectivity index (χ4v) is 2.77. The quantitative estimate of drug-likeness (QED) is 0.905. The van der Waals surface area contributed by atoms with Gasteiger partial charge in [0.2, 0.25) is 0 Å². The number of furan rings is 1. The van der Waals surface area contributed by atoms with Crippen LogP contribution in [0.5, 0.6) is 0 Å². The highest BCUT2D eigenvalue weighted by molar-refractivity contribution is 9.10. The Morgan fingerprint density at radius 3 is 2.69 bits per heavy atom. The van der Waals surface area contributed by atoms with Gasteiger partial charge >= 0.3 is 0 Å². The van der Waals surface area contributed by atoms with Crippen LogP contribution < -0.4 is 0 Å². The number of aliphatic hydroxyl groups excluding tert-OH is 1. The van der Waals surface area contributed by atoms with E-state index < -0.39 is 0 Å². The maximum absolute atomic E-state index is 9.10. The molecule has 0 aliphatic heterocycles. The average molecular weight is 288 g/mol. The Hall–Kier alpha value is -0.320. The molecule has 0 radical (unpaired) electrons. The zero-order chi connectivity index (χ0) is 11.4. The molecule has 4 heteroatoms. The van der Waals surface area contributed by atoms with Crippen molar-refractivity contribution >= 4 is 15.9 Å². The van der Waals surface area contributed by atoms with Crippen molar-refractivity contribution in [3.8, 4) is 0 Å². The largest absolute Gasteiger partial charge is 0.453 e. The van der Waals surface area contributed by atoms with Crippen molar-refractivity contribution in [3.05, 3.63) is 22.6 Å². The molecule has 3 nitrogen and oxygen atoms in total. The van der Waals surface area contributed by atoms with Crippen molar-refractivity contribution in [1.29, 1.82) is 0 Å². The minimum Gasteiger partial charge on any atom is -0.453 e. The highest BCUT2D eigenvalue weighted by Crippen LogP contribution is 2.25. The summed E-state index contributed by atoms with van der Waals surface area (Å²) in [5.41, 5.74) is 0. The molecule has 1 aromatic heterocycles. The summed E-state index contributed by atoms with van der Waals surface area (Å²) in [7, 11) is 0. The summed E-state index contributed by atoms with van der Waals surface area (Å²) in [6.45, 7) is 1.76. The van der Waals surface area contributed by atoms with Crippen LogP contribution >= 0.6 is 15.9 Å². The first-order chi connectivity index (χ1) is 7.79. The van der Waals surface area contributed by atoms with E-state index in [-0.39, 0.29) is 6.61 Å². The molecule has 1 saturated carbocycles. The SMILES string of the molecule is OCCN(Cc1ccc(Br)o1)C1CCCC1. The first-order valence-corrected chi connectivity index (χ1v) is 6.68. The first kappa shape index (κ1) is 12.1. The molecule has 1 aliphatic carbocycles. The van der Waals surface area contributed by atoms with Crippen molar-refractivity contribution in [1.82, 2.24) is 4.90 Å². The van der Waals surface area contributed by atoms with Crippen LogP contribution in [0, 0.1) is 0 Å². The number of halogens is 1. The summed E-state index contributed by atoms with van der Waals surface area (Å²) in [5.74, 6) is 0.965. The maximum Gasteiger partial charge on any atom is 0.169 e. The molecule has 90 valence electrons. The Morgan fingerprint density at radius 1 is 1.38 bits per heavy atom. The smallest absolute Gasteiger partial charge is 0.169 e. The predicted molar refractivity (Wildman–Crippen MR) is 66.2 cm³/mol. The van der Waals surface area contributed by atoms with E-state index in [1.807, 2.05) is 12.1 Å². The van der Waals surface area contributed by atoms with E-state index in [2.05, 4.69) is 20.8 Å². The summed E-state index contributed by atoms with van der Waals surface area (Å²) in [6.07, 6.45) is 5.13. The normalized spacial score (nSPS) is 17.4. The second-order valence-electron chi connectivity index (χ2n) is 4.34. The molecule has 2 rings (SSSR count). The summed E-state index contributed by atoms with van der Waals surface area (Å²) >= 11 is 3.31. The van der Waals surface area contributed by atoms with E-state index >= 15 is 0 Å². The van der Waals surface area contributed by atoms with Crippen molar-refractivity contribution < 1.29 is 9.52 Å². The first-order valence-electron chi connectivity index (χ1n) is 5.88. The predicted octanol–water partition coefficient (Wildman–Crippen LogP) is 2.78. The lowest BCUT2D eigenvalue weighted by Crippen LogP contribution is -2.34. The van der Waals surface area contributed by atoms with Crippen molar-refractivity contribution in [3.63, 3.8) is 0 Å². The summed E-state index contributed by atoms with van der Waals surface area (Å²) in [6, 6.07) is 4.53. The number of nitrogens with zero attached hydrogens (tertiary/aromatic N) is 1. The Balaban J connectivity index is 1.96. The van der Waals surface area contributed by atoms with Gasteiger partial charge in [-0.15, -0.1) is 0 Å². The second kappa shape index (κ2) is 5.84. The minimum absolute atomic E-state index is 0.221. The molecule has 0 aromatic carbocycles. The molecule has 1 aromatic rings. The third-order valence-corrected chi connectivity index (χ3v) is 3.64. The lowest BCUT2D eigenvalue weighted by atomic mass is 10.2. The molecule has 1 aliphatic rings. The third kappa shape index (κ3) is 3.09. The lowest BCUT2D eigenvalue weighted by Gasteiger charge is -2.26. The molecule has 0 bridgehead atoms. The highest BCUT2D eigenvalue weighted by atomic mass is 79.9. The Morgan fingerprint density at radius 2 is 2.12 bits per heavy atom. The molecule has 0 atom stereocenters. The standard InChI is InChI=1S/C12H18BrNO2/c13-12-6-5-11(16-12)9-14(7-8-15)10-3-1-2-4-10/h5-6,10,15H,1-4,7-9H2. The number of hydrogen-bond donors (Lipinski definition) is 1. The van der Waals surface area contributed by atoms with Gasteiger partial charge in [0, 0.05) is 12.6 Å². The molecular formula is C12H18BrNO2. The van der Waals surface area contributed by atoms with Crippen LogP contribution in [0.15, 0.2) is 21.2 Å². The summed E-state index contributed by atoms with van der Waals surface area (Å²) in [4.78, 5) is 2.33. The van der Waals surface area contributed by atoms with E-state index in [0.29, 0.717) is 6.04 Å². The van der Waals surface area contributed by atoms with Gasteiger partial charge in [-0.05, 0) is 40.9 Å². The van der Waals surface area contributed by atoms with Gasteiger partial charge in [0.15, 0.2) is 4.67 Å². The molecule has 0 saturated heterocycles. The monoisotopic (exact) mass is 287 g/mol. The topological polar surface area (TPSA) is 36.6 Å². The van der Waals surface area contributed by atoms with E-state index in [9.17, 15) is 0 Å². The van der Waals surface area contributed by atoms with E-state index in [0.717, 1.165) is 23.5 Å². The van der Waals surface area contributed by atoms with Crippen molar-refractivity contribution in [2.24, 2.45) is 0 Å². The number of aliphatic hydroxyl groups is 1. The van der Waals surface area contributed by atoms with Gasteiger partial charge in [0.25, 0.3) is 0 Å². The lowest BCUT2D eigenvalue weighted by molar-refractivity contribution is 0.135. The zero-order valence-electron chi connectivity index (χ0n) is 9.36. The highest BCUT2D eigenvalue weighted by Gasteiger charge is 2.22. The van der Waals surface area contributed by atoms with E-state index in [1.54, 1.807) is 0 Å². The van der Waals surface area contributed by atoms with Crippen LogP contribution in [-0.4, -0.2) is 29.2 Å². The molecular weight excluding hydrogens is 270 g/mol. The van der Waals surface area contributed by atoms with Crippen LogP contribution in [-0.2, 0) is 6.54 Å². The summed E-state index contributed by atoms with van der Waals surface area (Å²) in [5, 5.41) is 9.10. The average Bonchev–Trinajstić information content (AvgIpc) is 2.88. The van der Waals surface area contributed by atoms with Gasteiger partial charge in [0.1, 0.15) is 5.76 Å². The van der Waals surface area contributed by atoms with Crippen LogP contribution in [0.4, 0.5) is 0 Å². The molecule has 0 amide bonds. The summed E-state index contributed by atoms with van der Waals surface area (Å²) < 4.78 is 6.29. The van der Waals surface area contributed by atoms with Crippen LogP contribution in [0.2, 0.25) is 0 Å². The molecule has 16 heavy (non-hydrogen) atoms. The minimum atomic E-state index is 0.221. The number of hydrogen-bond acceptors (Lipinski definition) is 3. The van der Waals surface area contributed by atoms with Gasteiger partial charge in [-0.2, -0.15) is 0 Å². The van der Waals surface area contributed by atoms with Crippen molar-refractivity contribution in [2.75, 3.05) is 13.2 Å². The third-order valence-electron chi connectivity index (χ3n) is 3.22. The van der Waals surface area contributed by atoms with Gasteiger partial charge in [-0.25, -0.2) is 0 Å². The van der Waals surface area contributed by atoms with Gasteiger partial charge in [-0.1, -0.05) is 12.8 Å². The molecule has 1 heterocycles. The van der Waals surface area contributed by atoms with Crippen molar-refractivity contribution in [2.45, 2.75) is 38.3 Å². The molecule has 1 N–H and O–H groups in total. The second-order valence-corrected chi connectivity index (χ2v) is 5.12. The molecule has 1 fully saturated rings. The van der Waals surface area contributed by atoms with Gasteiger partial charge < -0.3 is 9.52 Å². The fraction of sp³-hybridized carbons (Fsp3) is 0.667. The Bertz CT molecular complexity index is 321. The van der Waals surface area contributed by atoms with Crippen LogP contribution in [0.25, 0.3) is 0 Å². The maximum atomic E-state index is 9.10. The Kier molecular flexibility index (Phi) is 4.44. The fourth-order valence-electron chi connectivity index (χ4n) is 2.43. The molecule has 0 unspecified atom stereocenters. The Labute approximate surface area is 105 Å². The van der Waals surface area contributed by atoms with Gasteiger partial charge in [0.05, 0.1) is 13.2 Å². The van der Waals surface area contributed by atoms with Crippen LogP contribution in [0.1, 0.15) is 31.4 Å². The molecule has 0 spiro atoms. The van der Waals surface area contributed by atoms with E-state index in [4.69, 9.17) is 9.52 Å². The zero-order valence-corrected chi connectivity index (χ0v) is 10.9. The van der Waals surface area contributed by atoms with Crippen LogP contribution in [0.3, 0.4) is 0 Å². The number of rotatable bonds is 5. The van der Waals surface area contributed by atoms with Gasteiger partial charge in [-0.3, -0.25) is 4.90 Å². The van der Waals surface area contributed by atoms with E-state index in [1.165, 1.54) is 25.7 Å².